The van der Waals surface area contributed by atoms with Crippen molar-refractivity contribution in [3.8, 4) is 6.07 Å². The summed E-state index contributed by atoms with van der Waals surface area (Å²) in [5.74, 6) is 0.0595. The predicted molar refractivity (Wildman–Crippen MR) is 104 cm³/mol. The van der Waals surface area contributed by atoms with Crippen LogP contribution in [0.25, 0.3) is 0 Å². The van der Waals surface area contributed by atoms with Crippen LogP contribution in [0, 0.1) is 21.4 Å². The van der Waals surface area contributed by atoms with E-state index in [1.807, 2.05) is 11.0 Å². The van der Waals surface area contributed by atoms with Crippen molar-refractivity contribution in [1.29, 1.82) is 5.26 Å². The van der Waals surface area contributed by atoms with Crippen LogP contribution in [0.5, 0.6) is 0 Å². The summed E-state index contributed by atoms with van der Waals surface area (Å²) in [6, 6.07) is 9.93. The van der Waals surface area contributed by atoms with Crippen molar-refractivity contribution in [2.75, 3.05) is 36.4 Å². The molecular formula is C19H20N6O3. The van der Waals surface area contributed by atoms with E-state index in [9.17, 15) is 14.9 Å². The fourth-order valence-corrected chi connectivity index (χ4v) is 3.13. The molecule has 3 rings (SSSR count). The van der Waals surface area contributed by atoms with Crippen LogP contribution in [0.2, 0.25) is 0 Å². The van der Waals surface area contributed by atoms with Crippen LogP contribution >= 0.6 is 0 Å². The van der Waals surface area contributed by atoms with E-state index in [0.29, 0.717) is 23.6 Å². The Labute approximate surface area is 162 Å². The van der Waals surface area contributed by atoms with E-state index < -0.39 is 4.92 Å². The second-order valence-corrected chi connectivity index (χ2v) is 6.35. The lowest BCUT2D eigenvalue weighted by Crippen LogP contribution is -2.29. The minimum absolute atomic E-state index is 0.0557. The lowest BCUT2D eigenvalue weighted by molar-refractivity contribution is -0.384. The topological polar surface area (TPSA) is 124 Å². The highest BCUT2D eigenvalue weighted by molar-refractivity contribution is 5.95. The molecule has 0 unspecified atom stereocenters. The van der Waals surface area contributed by atoms with Crippen LogP contribution in [0.1, 0.15) is 28.8 Å². The first-order valence-corrected chi connectivity index (χ1v) is 9.00. The Bertz CT molecular complexity index is 918. The highest BCUT2D eigenvalue weighted by atomic mass is 16.6. The molecule has 9 nitrogen and oxygen atoms in total. The van der Waals surface area contributed by atoms with Crippen LogP contribution in [-0.4, -0.2) is 42.0 Å². The van der Waals surface area contributed by atoms with Gasteiger partial charge < -0.3 is 15.5 Å². The molecule has 0 atom stereocenters. The Hall–Kier alpha value is -3.67. The summed E-state index contributed by atoms with van der Waals surface area (Å²) < 4.78 is 0. The minimum Gasteiger partial charge on any atom is -0.367 e. The smallest absolute Gasteiger partial charge is 0.293 e. The summed E-state index contributed by atoms with van der Waals surface area (Å²) in [6.45, 7) is 2.22. The van der Waals surface area contributed by atoms with E-state index in [2.05, 4.69) is 15.6 Å². The highest BCUT2D eigenvalue weighted by Gasteiger charge is 2.23. The van der Waals surface area contributed by atoms with Gasteiger partial charge in [-0.2, -0.15) is 5.26 Å². The molecule has 28 heavy (non-hydrogen) atoms. The summed E-state index contributed by atoms with van der Waals surface area (Å²) in [7, 11) is 0. The van der Waals surface area contributed by atoms with Crippen molar-refractivity contribution in [1.82, 2.24) is 10.3 Å². The summed E-state index contributed by atoms with van der Waals surface area (Å²) >= 11 is 0. The number of hydrogen-bond acceptors (Lipinski definition) is 7. The molecule has 0 spiro atoms. The number of pyridine rings is 1. The molecule has 1 fully saturated rings. The maximum atomic E-state index is 12.3. The first-order chi connectivity index (χ1) is 13.6. The van der Waals surface area contributed by atoms with Gasteiger partial charge in [0, 0.05) is 44.0 Å². The molecule has 1 aliphatic heterocycles. The first-order valence-electron chi connectivity index (χ1n) is 9.00. The van der Waals surface area contributed by atoms with Gasteiger partial charge in [0.1, 0.15) is 17.6 Å². The molecule has 0 radical (unpaired) electrons. The van der Waals surface area contributed by atoms with E-state index in [1.165, 1.54) is 6.07 Å². The highest BCUT2D eigenvalue weighted by Crippen LogP contribution is 2.31. The van der Waals surface area contributed by atoms with Crippen molar-refractivity contribution in [2.45, 2.75) is 12.8 Å². The van der Waals surface area contributed by atoms with Gasteiger partial charge in [-0.15, -0.1) is 0 Å². The SMILES string of the molecule is N#Cc1cccnc1NCCNC(=O)c1ccc(N2CCCC2)c([N+](=O)[O-])c1. The van der Waals surface area contributed by atoms with E-state index in [4.69, 9.17) is 5.26 Å². The lowest BCUT2D eigenvalue weighted by atomic mass is 10.1. The van der Waals surface area contributed by atoms with Crippen LogP contribution in [0.15, 0.2) is 36.5 Å². The molecule has 1 aliphatic rings. The van der Waals surface area contributed by atoms with Crippen LogP contribution < -0.4 is 15.5 Å². The van der Waals surface area contributed by atoms with E-state index in [-0.39, 0.29) is 23.7 Å². The summed E-state index contributed by atoms with van der Waals surface area (Å²) in [6.07, 6.45) is 3.59. The Kier molecular flexibility index (Phi) is 6.01. The van der Waals surface area contributed by atoms with Gasteiger partial charge in [0.15, 0.2) is 0 Å². The van der Waals surface area contributed by atoms with Crippen LogP contribution in [-0.2, 0) is 0 Å². The summed E-state index contributed by atoms with van der Waals surface area (Å²) in [4.78, 5) is 29.4. The van der Waals surface area contributed by atoms with Gasteiger partial charge in [-0.1, -0.05) is 0 Å². The third kappa shape index (κ3) is 4.35. The number of nitro groups is 1. The zero-order valence-electron chi connectivity index (χ0n) is 15.2. The summed E-state index contributed by atoms with van der Waals surface area (Å²) in [5.41, 5.74) is 1.16. The average Bonchev–Trinajstić information content (AvgIpc) is 3.25. The number of nitrogens with zero attached hydrogens (tertiary/aromatic N) is 4. The maximum Gasteiger partial charge on any atom is 0.293 e. The molecule has 1 aromatic heterocycles. The second-order valence-electron chi connectivity index (χ2n) is 6.35. The molecular weight excluding hydrogens is 360 g/mol. The molecule has 1 aromatic carbocycles. The molecule has 0 saturated carbocycles. The second kappa shape index (κ2) is 8.81. The number of anilines is 2. The fraction of sp³-hybridized carbons (Fsp3) is 0.316. The Balaban J connectivity index is 1.60. The fourth-order valence-electron chi connectivity index (χ4n) is 3.13. The maximum absolute atomic E-state index is 12.3. The standard InChI is InChI=1S/C19H20N6O3/c20-13-15-4-3-7-21-18(15)22-8-9-23-19(26)14-5-6-16(17(12-14)25(27)28)24-10-1-2-11-24/h3-7,12H,1-2,8-11H2,(H,21,22)(H,23,26). The molecule has 0 aliphatic carbocycles. The van der Waals surface area contributed by atoms with E-state index in [0.717, 1.165) is 25.9 Å². The van der Waals surface area contributed by atoms with Gasteiger partial charge in [-0.05, 0) is 37.1 Å². The number of nitrogens with one attached hydrogen (secondary N) is 2. The first kappa shape index (κ1) is 19.1. The average molecular weight is 380 g/mol. The van der Waals surface area contributed by atoms with Crippen molar-refractivity contribution in [3.63, 3.8) is 0 Å². The third-order valence-corrected chi connectivity index (χ3v) is 4.51. The number of benzene rings is 1. The van der Waals surface area contributed by atoms with Crippen molar-refractivity contribution < 1.29 is 9.72 Å². The molecule has 1 amide bonds. The molecule has 144 valence electrons. The van der Waals surface area contributed by atoms with E-state index >= 15 is 0 Å². The number of rotatable bonds is 7. The van der Waals surface area contributed by atoms with Crippen LogP contribution in [0.3, 0.4) is 0 Å². The van der Waals surface area contributed by atoms with Gasteiger partial charge in [-0.25, -0.2) is 4.98 Å². The molecule has 9 heteroatoms. The predicted octanol–water partition coefficient (Wildman–Crippen LogP) is 2.30. The Morgan fingerprint density at radius 3 is 2.79 bits per heavy atom. The number of aromatic nitrogens is 1. The number of nitro benzene ring substituents is 1. The third-order valence-electron chi connectivity index (χ3n) is 4.51. The van der Waals surface area contributed by atoms with Crippen molar-refractivity contribution in [3.05, 3.63) is 57.8 Å². The van der Waals surface area contributed by atoms with Crippen molar-refractivity contribution in [2.24, 2.45) is 0 Å². The van der Waals surface area contributed by atoms with Crippen molar-refractivity contribution >= 4 is 23.1 Å². The number of nitriles is 1. The molecule has 2 N–H and O–H groups in total. The Morgan fingerprint density at radius 1 is 1.29 bits per heavy atom. The molecule has 2 aromatic rings. The number of amides is 1. The van der Waals surface area contributed by atoms with Gasteiger partial charge >= 0.3 is 0 Å². The minimum atomic E-state index is -0.448. The van der Waals surface area contributed by atoms with Crippen LogP contribution in [0.4, 0.5) is 17.2 Å². The van der Waals surface area contributed by atoms with Gasteiger partial charge in [0.25, 0.3) is 11.6 Å². The molecule has 0 bridgehead atoms. The monoisotopic (exact) mass is 380 g/mol. The quantitative estimate of drug-likeness (QED) is 0.429. The number of carbonyl (C=O) groups excluding carboxylic acids is 1. The zero-order chi connectivity index (χ0) is 19.9. The van der Waals surface area contributed by atoms with E-state index in [1.54, 1.807) is 30.5 Å². The summed E-state index contributed by atoms with van der Waals surface area (Å²) in [5, 5.41) is 26.2. The van der Waals surface area contributed by atoms with Gasteiger partial charge in [-0.3, -0.25) is 14.9 Å². The number of hydrogen-bond donors (Lipinski definition) is 2. The van der Waals surface area contributed by atoms with Gasteiger partial charge in [0.2, 0.25) is 0 Å². The normalized spacial score (nSPS) is 13.0. The Morgan fingerprint density at radius 2 is 2.07 bits per heavy atom. The number of carbonyl (C=O) groups is 1. The molecule has 1 saturated heterocycles. The lowest BCUT2D eigenvalue weighted by Gasteiger charge is -2.17. The van der Waals surface area contributed by atoms with Gasteiger partial charge in [0.05, 0.1) is 10.5 Å². The largest absolute Gasteiger partial charge is 0.367 e. The zero-order valence-corrected chi connectivity index (χ0v) is 15.2. The molecule has 2 heterocycles.